The van der Waals surface area contributed by atoms with Crippen LogP contribution in [0, 0.1) is 11.3 Å². The van der Waals surface area contributed by atoms with E-state index in [0.717, 1.165) is 55.3 Å². The van der Waals surface area contributed by atoms with Crippen molar-refractivity contribution in [1.29, 1.82) is 5.26 Å². The van der Waals surface area contributed by atoms with Gasteiger partial charge in [-0.25, -0.2) is 0 Å². The molecule has 0 fully saturated rings. The number of benzene rings is 6. The lowest BCUT2D eigenvalue weighted by Gasteiger charge is -2.15. The summed E-state index contributed by atoms with van der Waals surface area (Å²) < 4.78 is 8.61. The molecule has 8 aromatic rings. The number of para-hydroxylation sites is 1. The maximum atomic E-state index is 10.6. The molecule has 2 aromatic heterocycles. The van der Waals surface area contributed by atoms with Gasteiger partial charge in [0.15, 0.2) is 0 Å². The number of thiophene rings is 1. The first-order valence-corrected chi connectivity index (χ1v) is 14.1. The number of fused-ring (bicyclic) bond motifs is 6. The Hall–Kier alpha value is -5.17. The van der Waals surface area contributed by atoms with Crippen molar-refractivity contribution in [1.82, 2.24) is 0 Å². The van der Waals surface area contributed by atoms with Gasteiger partial charge in [-0.05, 0) is 70.8 Å². The Bertz CT molecular complexity index is 2150. The molecule has 40 heavy (non-hydrogen) atoms. The number of hydrogen-bond donors (Lipinski definition) is 0. The Morgan fingerprint density at radius 3 is 1.90 bits per heavy atom. The molecule has 0 saturated carbocycles. The highest BCUT2D eigenvalue weighted by Gasteiger charge is 2.18. The number of furan rings is 1. The molecular weight excluding hydrogens is 506 g/mol. The maximum Gasteiger partial charge on any atom is 0.135 e. The minimum Gasteiger partial charge on any atom is -0.456 e. The summed E-state index contributed by atoms with van der Waals surface area (Å²) in [7, 11) is 0. The second-order valence-electron chi connectivity index (χ2n) is 10.0. The van der Waals surface area contributed by atoms with Gasteiger partial charge < -0.3 is 4.42 Å². The normalized spacial score (nSPS) is 11.5. The minimum atomic E-state index is 0.672. The van der Waals surface area contributed by atoms with Gasteiger partial charge in [0.2, 0.25) is 0 Å². The van der Waals surface area contributed by atoms with Crippen molar-refractivity contribution in [3.05, 3.63) is 133 Å². The van der Waals surface area contributed by atoms with Gasteiger partial charge in [0.05, 0.1) is 5.56 Å². The lowest BCUT2D eigenvalue weighted by Crippen LogP contribution is -1.93. The van der Waals surface area contributed by atoms with Crippen LogP contribution in [-0.2, 0) is 0 Å². The van der Waals surface area contributed by atoms with Gasteiger partial charge in [-0.2, -0.15) is 5.26 Å². The molecule has 0 radical (unpaired) electrons. The molecular formula is C37H21NOS. The van der Waals surface area contributed by atoms with Crippen LogP contribution in [0.25, 0.3) is 75.5 Å². The van der Waals surface area contributed by atoms with Crippen molar-refractivity contribution in [2.45, 2.75) is 0 Å². The average Bonchev–Trinajstić information content (AvgIpc) is 3.58. The third-order valence-electron chi connectivity index (χ3n) is 7.73. The summed E-state index contributed by atoms with van der Waals surface area (Å²) in [5.41, 5.74) is 8.48. The van der Waals surface area contributed by atoms with Gasteiger partial charge >= 0.3 is 0 Å². The number of rotatable bonds is 3. The van der Waals surface area contributed by atoms with Gasteiger partial charge in [-0.3, -0.25) is 0 Å². The molecule has 0 atom stereocenters. The van der Waals surface area contributed by atoms with E-state index in [4.69, 9.17) is 4.42 Å². The van der Waals surface area contributed by atoms with Crippen LogP contribution in [0.1, 0.15) is 5.56 Å². The number of nitriles is 1. The smallest absolute Gasteiger partial charge is 0.135 e. The van der Waals surface area contributed by atoms with Crippen LogP contribution in [0.2, 0.25) is 0 Å². The fraction of sp³-hybridized carbons (Fsp3) is 0. The largest absolute Gasteiger partial charge is 0.456 e. The summed E-state index contributed by atoms with van der Waals surface area (Å²) in [6.45, 7) is 0. The first-order valence-electron chi connectivity index (χ1n) is 13.2. The zero-order chi connectivity index (χ0) is 26.6. The summed E-state index contributed by atoms with van der Waals surface area (Å²) >= 11 is 1.80. The summed E-state index contributed by atoms with van der Waals surface area (Å²) in [5.74, 6) is 0. The average molecular weight is 528 g/mol. The first-order chi connectivity index (χ1) is 19.8. The van der Waals surface area contributed by atoms with Crippen LogP contribution in [-0.4, -0.2) is 0 Å². The SMILES string of the molecule is N#Cc1c(-c2ccc3oc4ccccc4c3c2)cc(-c2ccccc2)cc1-c1ccc2sc3ccccc3c2c1. The molecule has 3 heteroatoms. The summed E-state index contributed by atoms with van der Waals surface area (Å²) in [4.78, 5) is 0. The molecule has 2 heterocycles. The van der Waals surface area contributed by atoms with Crippen molar-refractivity contribution in [3.63, 3.8) is 0 Å². The summed E-state index contributed by atoms with van der Waals surface area (Å²) in [6.07, 6.45) is 0. The Kier molecular flexibility index (Phi) is 5.10. The second-order valence-corrected chi connectivity index (χ2v) is 11.1. The van der Waals surface area contributed by atoms with Gasteiger partial charge in [0, 0.05) is 42.1 Å². The number of nitrogens with zero attached hydrogens (tertiary/aromatic N) is 1. The Balaban J connectivity index is 1.41. The van der Waals surface area contributed by atoms with Gasteiger partial charge in [-0.1, -0.05) is 78.9 Å². The summed E-state index contributed by atoms with van der Waals surface area (Å²) in [6, 6.07) is 46.7. The van der Waals surface area contributed by atoms with Gasteiger partial charge in [0.25, 0.3) is 0 Å². The van der Waals surface area contributed by atoms with Gasteiger partial charge in [0.1, 0.15) is 17.2 Å². The molecule has 0 aliphatic carbocycles. The fourth-order valence-corrected chi connectivity index (χ4v) is 6.89. The predicted octanol–water partition coefficient (Wildman–Crippen LogP) is 10.8. The third-order valence-corrected chi connectivity index (χ3v) is 8.88. The number of hydrogen-bond acceptors (Lipinski definition) is 3. The lowest BCUT2D eigenvalue weighted by atomic mass is 9.87. The summed E-state index contributed by atoms with van der Waals surface area (Å²) in [5, 5.41) is 15.2. The zero-order valence-electron chi connectivity index (χ0n) is 21.4. The van der Waals surface area contributed by atoms with E-state index in [1.807, 2.05) is 30.3 Å². The van der Waals surface area contributed by atoms with Crippen molar-refractivity contribution < 1.29 is 4.42 Å². The van der Waals surface area contributed by atoms with Gasteiger partial charge in [-0.15, -0.1) is 11.3 Å². The highest BCUT2D eigenvalue weighted by molar-refractivity contribution is 7.25. The third kappa shape index (κ3) is 3.55. The standard InChI is InChI=1S/C37H21NOS/c38-22-33-29(24-14-16-35-31(18-24)27-10-4-6-12-34(27)39-35)20-26(23-8-2-1-3-9-23)21-30(33)25-15-17-37-32(19-25)28-11-5-7-13-36(28)40-37/h1-21H. The first kappa shape index (κ1) is 22.8. The van der Waals surface area contributed by atoms with Crippen LogP contribution in [0.15, 0.2) is 132 Å². The van der Waals surface area contributed by atoms with Crippen LogP contribution in [0.3, 0.4) is 0 Å². The molecule has 0 aliphatic rings. The quantitative estimate of drug-likeness (QED) is 0.229. The molecule has 0 spiro atoms. The molecule has 186 valence electrons. The van der Waals surface area contributed by atoms with Crippen LogP contribution >= 0.6 is 11.3 Å². The van der Waals surface area contributed by atoms with E-state index in [0.29, 0.717) is 5.56 Å². The topological polar surface area (TPSA) is 36.9 Å². The molecule has 0 aliphatic heterocycles. The molecule has 0 N–H and O–H groups in total. The van der Waals surface area contributed by atoms with Crippen LogP contribution in [0.5, 0.6) is 0 Å². The van der Waals surface area contributed by atoms with E-state index in [9.17, 15) is 5.26 Å². The maximum absolute atomic E-state index is 10.6. The van der Waals surface area contributed by atoms with Crippen molar-refractivity contribution in [2.24, 2.45) is 0 Å². The Morgan fingerprint density at radius 1 is 0.475 bits per heavy atom. The molecule has 8 rings (SSSR count). The Labute approximate surface area is 235 Å². The van der Waals surface area contributed by atoms with Crippen molar-refractivity contribution >= 4 is 53.4 Å². The highest BCUT2D eigenvalue weighted by atomic mass is 32.1. The molecule has 0 unspecified atom stereocenters. The van der Waals surface area contributed by atoms with E-state index in [-0.39, 0.29) is 0 Å². The highest BCUT2D eigenvalue weighted by Crippen LogP contribution is 2.41. The van der Waals surface area contributed by atoms with Crippen LogP contribution < -0.4 is 0 Å². The molecule has 0 saturated heterocycles. The van der Waals surface area contributed by atoms with E-state index in [2.05, 4.69) is 103 Å². The molecule has 2 nitrogen and oxygen atoms in total. The van der Waals surface area contributed by atoms with E-state index < -0.39 is 0 Å². The zero-order valence-corrected chi connectivity index (χ0v) is 22.2. The van der Waals surface area contributed by atoms with Crippen LogP contribution in [0.4, 0.5) is 0 Å². The monoisotopic (exact) mass is 527 g/mol. The lowest BCUT2D eigenvalue weighted by molar-refractivity contribution is 0.669. The van der Waals surface area contributed by atoms with Crippen molar-refractivity contribution in [3.8, 4) is 39.4 Å². The van der Waals surface area contributed by atoms with E-state index in [1.165, 1.54) is 20.2 Å². The molecule has 6 aromatic carbocycles. The predicted molar refractivity (Wildman–Crippen MR) is 168 cm³/mol. The second kappa shape index (κ2) is 8.95. The van der Waals surface area contributed by atoms with Crippen molar-refractivity contribution in [2.75, 3.05) is 0 Å². The molecule has 0 bridgehead atoms. The van der Waals surface area contributed by atoms with E-state index >= 15 is 0 Å². The Morgan fingerprint density at radius 2 is 1.10 bits per heavy atom. The molecule has 0 amide bonds. The minimum absolute atomic E-state index is 0.672. The van der Waals surface area contributed by atoms with E-state index in [1.54, 1.807) is 11.3 Å². The fourth-order valence-electron chi connectivity index (χ4n) is 5.80.